The molecule has 8 nitrogen and oxygen atoms in total. The van der Waals surface area contributed by atoms with E-state index in [1.807, 2.05) is 28.7 Å². The minimum atomic E-state index is 0.0778. The largest absolute Gasteiger partial charge is 0.379 e. The molecule has 0 radical (unpaired) electrons. The number of hydrogen-bond acceptors (Lipinski definition) is 6. The lowest BCUT2D eigenvalue weighted by molar-refractivity contribution is 0.0339. The van der Waals surface area contributed by atoms with Gasteiger partial charge in [-0.1, -0.05) is 13.8 Å². The minimum absolute atomic E-state index is 0.0778. The van der Waals surface area contributed by atoms with Crippen molar-refractivity contribution >= 4 is 33.1 Å². The first kappa shape index (κ1) is 22.1. The number of aromatic nitrogens is 4. The number of aromatic amines is 1. The Balaban J connectivity index is 1.42. The number of nitrogens with zero attached hydrogens (tertiary/aromatic N) is 5. The Morgan fingerprint density at radius 1 is 1.30 bits per heavy atom. The second-order valence-corrected chi connectivity index (χ2v) is 10.1. The van der Waals surface area contributed by atoms with E-state index >= 15 is 0 Å². The Morgan fingerprint density at radius 2 is 2.09 bits per heavy atom. The Hall–Kier alpha value is -2.75. The van der Waals surface area contributed by atoms with Gasteiger partial charge in [-0.3, -0.25) is 9.69 Å². The summed E-state index contributed by atoms with van der Waals surface area (Å²) in [6.45, 7) is 11.5. The lowest BCUT2D eigenvalue weighted by Crippen LogP contribution is -2.41. The molecule has 1 saturated heterocycles. The van der Waals surface area contributed by atoms with Gasteiger partial charge in [0.2, 0.25) is 0 Å². The number of morpholine rings is 1. The summed E-state index contributed by atoms with van der Waals surface area (Å²) in [5.41, 5.74) is 6.37. The van der Waals surface area contributed by atoms with Crippen LogP contribution in [0.3, 0.4) is 0 Å². The van der Waals surface area contributed by atoms with Crippen molar-refractivity contribution in [1.29, 1.82) is 0 Å². The Labute approximate surface area is 197 Å². The number of carbonyl (C=O) groups excluding carboxylic acids is 1. The van der Waals surface area contributed by atoms with E-state index in [-0.39, 0.29) is 5.91 Å². The third-order valence-electron chi connectivity index (χ3n) is 6.34. The molecule has 1 N–H and O–H groups in total. The number of likely N-dealkylation sites (N-methyl/N-ethyl adjacent to an activating group) is 1. The van der Waals surface area contributed by atoms with Crippen molar-refractivity contribution in [2.45, 2.75) is 26.7 Å². The van der Waals surface area contributed by atoms with E-state index in [1.54, 1.807) is 17.7 Å². The summed E-state index contributed by atoms with van der Waals surface area (Å²) in [5, 5.41) is 4.32. The maximum atomic E-state index is 13.1. The molecule has 1 aliphatic heterocycles. The molecule has 4 aromatic heterocycles. The molecule has 0 bridgehead atoms. The van der Waals surface area contributed by atoms with E-state index in [4.69, 9.17) is 4.74 Å². The number of pyridine rings is 1. The fourth-order valence-electron chi connectivity index (χ4n) is 4.52. The number of nitrogens with one attached hydrogen (secondary N) is 1. The highest BCUT2D eigenvalue weighted by molar-refractivity contribution is 7.21. The summed E-state index contributed by atoms with van der Waals surface area (Å²) in [4.78, 5) is 26.0. The topological polar surface area (TPSA) is 78.8 Å². The number of aryl methyl sites for hydroxylation is 1. The monoisotopic (exact) mass is 466 g/mol. The summed E-state index contributed by atoms with van der Waals surface area (Å²) in [5.74, 6) is 0.384. The number of thiophene rings is 1. The van der Waals surface area contributed by atoms with Crippen LogP contribution in [0.2, 0.25) is 0 Å². The third-order valence-corrected chi connectivity index (χ3v) is 7.50. The van der Waals surface area contributed by atoms with Gasteiger partial charge in [-0.15, -0.1) is 11.3 Å². The van der Waals surface area contributed by atoms with Gasteiger partial charge in [0, 0.05) is 45.0 Å². The highest BCUT2D eigenvalue weighted by atomic mass is 32.1. The van der Waals surface area contributed by atoms with Crippen molar-refractivity contribution < 1.29 is 9.53 Å². The normalized spacial score (nSPS) is 15.2. The fourth-order valence-corrected chi connectivity index (χ4v) is 5.83. The Bertz CT molecular complexity index is 1300. The maximum Gasteiger partial charge on any atom is 0.263 e. The number of ether oxygens (including phenoxy) is 1. The molecule has 174 valence electrons. The van der Waals surface area contributed by atoms with Gasteiger partial charge in [0.15, 0.2) is 5.65 Å². The molecule has 0 atom stereocenters. The van der Waals surface area contributed by atoms with Crippen LogP contribution < -0.4 is 0 Å². The first-order chi connectivity index (χ1) is 15.9. The molecule has 5 heterocycles. The standard InChI is InChI=1S/C24H30N6O2S/c1-15(2)20-21(17-11-16(3)23-25-14-26-30(23)13-17)27-18-12-19(33-22(18)20)24(31)28(4)5-6-29-7-9-32-10-8-29/h11-15,27H,5-10H2,1-4H3. The molecule has 0 aliphatic carbocycles. The molecule has 0 saturated carbocycles. The predicted octanol–water partition coefficient (Wildman–Crippen LogP) is 3.78. The highest BCUT2D eigenvalue weighted by Gasteiger charge is 2.23. The van der Waals surface area contributed by atoms with Crippen LogP contribution in [0.25, 0.3) is 27.1 Å². The van der Waals surface area contributed by atoms with Crippen LogP contribution in [0.4, 0.5) is 0 Å². The molecule has 1 fully saturated rings. The molecule has 0 aromatic carbocycles. The second-order valence-electron chi connectivity index (χ2n) is 9.04. The Kier molecular flexibility index (Phi) is 5.94. The van der Waals surface area contributed by atoms with E-state index < -0.39 is 0 Å². The predicted molar refractivity (Wildman–Crippen MR) is 131 cm³/mol. The maximum absolute atomic E-state index is 13.1. The smallest absolute Gasteiger partial charge is 0.263 e. The molecule has 0 unspecified atom stereocenters. The van der Waals surface area contributed by atoms with E-state index in [2.05, 4.69) is 46.8 Å². The van der Waals surface area contributed by atoms with Crippen LogP contribution >= 0.6 is 11.3 Å². The number of amides is 1. The summed E-state index contributed by atoms with van der Waals surface area (Å²) in [7, 11) is 1.89. The molecular formula is C24H30N6O2S. The van der Waals surface area contributed by atoms with Crippen LogP contribution in [0.1, 0.15) is 40.6 Å². The van der Waals surface area contributed by atoms with Crippen LogP contribution in [-0.4, -0.2) is 81.7 Å². The number of fused-ring (bicyclic) bond motifs is 2. The van der Waals surface area contributed by atoms with Gasteiger partial charge in [-0.25, -0.2) is 9.50 Å². The van der Waals surface area contributed by atoms with E-state index in [0.29, 0.717) is 12.5 Å². The molecule has 5 rings (SSSR count). The minimum Gasteiger partial charge on any atom is -0.379 e. The number of rotatable bonds is 6. The molecule has 33 heavy (non-hydrogen) atoms. The van der Waals surface area contributed by atoms with Gasteiger partial charge in [0.25, 0.3) is 5.91 Å². The van der Waals surface area contributed by atoms with E-state index in [9.17, 15) is 4.79 Å². The summed E-state index contributed by atoms with van der Waals surface area (Å²) in [6, 6.07) is 4.15. The Morgan fingerprint density at radius 3 is 2.85 bits per heavy atom. The quantitative estimate of drug-likeness (QED) is 0.468. The average molecular weight is 467 g/mol. The SMILES string of the molecule is Cc1cc(-c2[nH]c3cc(C(=O)N(C)CCN4CCOCC4)sc3c2C(C)C)cn2ncnc12. The molecular weight excluding hydrogens is 436 g/mol. The van der Waals surface area contributed by atoms with Crippen molar-refractivity contribution in [3.8, 4) is 11.3 Å². The number of H-pyrrole nitrogens is 1. The lowest BCUT2D eigenvalue weighted by atomic mass is 9.99. The average Bonchev–Trinajstić information content (AvgIpc) is 3.51. The van der Waals surface area contributed by atoms with Crippen molar-refractivity contribution in [3.63, 3.8) is 0 Å². The second kappa shape index (κ2) is 8.89. The van der Waals surface area contributed by atoms with Crippen LogP contribution in [0.5, 0.6) is 0 Å². The highest BCUT2D eigenvalue weighted by Crippen LogP contribution is 2.40. The zero-order valence-electron chi connectivity index (χ0n) is 19.6. The van der Waals surface area contributed by atoms with Gasteiger partial charge in [0.05, 0.1) is 34.0 Å². The van der Waals surface area contributed by atoms with Crippen molar-refractivity contribution in [1.82, 2.24) is 29.4 Å². The van der Waals surface area contributed by atoms with Crippen LogP contribution in [-0.2, 0) is 4.74 Å². The third kappa shape index (κ3) is 4.16. The van der Waals surface area contributed by atoms with Gasteiger partial charge in [0.1, 0.15) is 6.33 Å². The molecule has 4 aromatic rings. The zero-order chi connectivity index (χ0) is 23.1. The summed E-state index contributed by atoms with van der Waals surface area (Å²) >= 11 is 1.58. The van der Waals surface area contributed by atoms with E-state index in [0.717, 1.165) is 70.4 Å². The summed E-state index contributed by atoms with van der Waals surface area (Å²) in [6.07, 6.45) is 3.60. The number of carbonyl (C=O) groups is 1. The van der Waals surface area contributed by atoms with Gasteiger partial charge in [-0.2, -0.15) is 5.10 Å². The molecule has 0 spiro atoms. The van der Waals surface area contributed by atoms with Gasteiger partial charge < -0.3 is 14.6 Å². The van der Waals surface area contributed by atoms with Crippen molar-refractivity contribution in [2.75, 3.05) is 46.4 Å². The van der Waals surface area contributed by atoms with E-state index in [1.165, 1.54) is 5.56 Å². The first-order valence-electron chi connectivity index (χ1n) is 11.4. The van der Waals surface area contributed by atoms with Crippen LogP contribution in [0, 0.1) is 6.92 Å². The molecule has 1 aliphatic rings. The summed E-state index contributed by atoms with van der Waals surface area (Å²) < 4.78 is 8.39. The lowest BCUT2D eigenvalue weighted by Gasteiger charge is -2.28. The fraction of sp³-hybridized carbons (Fsp3) is 0.458. The van der Waals surface area contributed by atoms with Crippen molar-refractivity contribution in [2.24, 2.45) is 0 Å². The van der Waals surface area contributed by atoms with Crippen molar-refractivity contribution in [3.05, 3.63) is 40.7 Å². The van der Waals surface area contributed by atoms with Gasteiger partial charge >= 0.3 is 0 Å². The molecule has 1 amide bonds. The molecule has 9 heteroatoms. The number of hydrogen-bond donors (Lipinski definition) is 1. The van der Waals surface area contributed by atoms with Gasteiger partial charge in [-0.05, 0) is 36.1 Å². The van der Waals surface area contributed by atoms with Crippen LogP contribution in [0.15, 0.2) is 24.7 Å². The first-order valence-corrected chi connectivity index (χ1v) is 12.3. The zero-order valence-corrected chi connectivity index (χ0v) is 20.4.